The lowest BCUT2D eigenvalue weighted by molar-refractivity contribution is 0.102. The van der Waals surface area contributed by atoms with Crippen LogP contribution in [-0.2, 0) is 0 Å². The predicted octanol–water partition coefficient (Wildman–Crippen LogP) is 1.91. The van der Waals surface area contributed by atoms with E-state index in [4.69, 9.17) is 4.74 Å². The van der Waals surface area contributed by atoms with Crippen molar-refractivity contribution in [3.8, 4) is 5.75 Å². The fraction of sp³-hybridized carbons (Fsp3) is 0.350. The highest BCUT2D eigenvalue weighted by molar-refractivity contribution is 6.04. The molecule has 1 aliphatic heterocycles. The smallest absolute Gasteiger partial charge is 0.257 e. The van der Waals surface area contributed by atoms with Crippen molar-refractivity contribution < 1.29 is 9.53 Å². The minimum absolute atomic E-state index is 0.133. The maximum Gasteiger partial charge on any atom is 0.257 e. The van der Waals surface area contributed by atoms with Gasteiger partial charge in [-0.15, -0.1) is 10.2 Å². The number of carbonyl (C=O) groups is 1. The summed E-state index contributed by atoms with van der Waals surface area (Å²) in [7, 11) is 5.82. The fourth-order valence-corrected chi connectivity index (χ4v) is 3.44. The van der Waals surface area contributed by atoms with Crippen molar-refractivity contribution in [1.82, 2.24) is 24.4 Å². The van der Waals surface area contributed by atoms with Crippen LogP contribution in [0, 0.1) is 0 Å². The summed E-state index contributed by atoms with van der Waals surface area (Å²) in [6.45, 7) is 2.87. The maximum absolute atomic E-state index is 12.7. The number of hydrogen-bond acceptors (Lipinski definition) is 6. The number of fused-ring (bicyclic) bond motifs is 1. The van der Waals surface area contributed by atoms with Crippen molar-refractivity contribution in [2.24, 2.45) is 0 Å². The van der Waals surface area contributed by atoms with Gasteiger partial charge in [-0.1, -0.05) is 0 Å². The first-order chi connectivity index (χ1) is 13.5. The van der Waals surface area contributed by atoms with E-state index in [9.17, 15) is 4.79 Å². The molecule has 3 heterocycles. The molecule has 0 bridgehead atoms. The molecule has 1 amide bonds. The van der Waals surface area contributed by atoms with E-state index in [1.54, 1.807) is 13.2 Å². The molecule has 28 heavy (non-hydrogen) atoms. The Morgan fingerprint density at radius 3 is 2.64 bits per heavy atom. The van der Waals surface area contributed by atoms with Crippen LogP contribution < -0.4 is 10.1 Å². The molecule has 3 aromatic rings. The van der Waals surface area contributed by atoms with Crippen LogP contribution in [0.5, 0.6) is 5.75 Å². The van der Waals surface area contributed by atoms with Crippen LogP contribution in [0.1, 0.15) is 22.2 Å². The number of nitrogens with one attached hydrogen (secondary N) is 1. The van der Waals surface area contributed by atoms with E-state index >= 15 is 0 Å². The minimum Gasteiger partial charge on any atom is -0.497 e. The predicted molar refractivity (Wildman–Crippen MR) is 107 cm³/mol. The summed E-state index contributed by atoms with van der Waals surface area (Å²) in [4.78, 5) is 17.3. The first-order valence-corrected chi connectivity index (χ1v) is 9.24. The number of likely N-dealkylation sites (N-methyl/N-ethyl adjacent to an activating group) is 2. The number of benzene rings is 1. The molecule has 0 unspecified atom stereocenters. The van der Waals surface area contributed by atoms with Crippen LogP contribution in [0.15, 0.2) is 42.6 Å². The third-order valence-electron chi connectivity index (χ3n) is 5.19. The highest BCUT2D eigenvalue weighted by atomic mass is 16.5. The molecule has 1 fully saturated rings. The molecule has 1 saturated heterocycles. The van der Waals surface area contributed by atoms with E-state index in [2.05, 4.69) is 39.4 Å². The van der Waals surface area contributed by atoms with Gasteiger partial charge >= 0.3 is 0 Å². The lowest BCUT2D eigenvalue weighted by Crippen LogP contribution is -2.45. The summed E-state index contributed by atoms with van der Waals surface area (Å²) in [5.74, 6) is 1.42. The van der Waals surface area contributed by atoms with Crippen LogP contribution in [-0.4, -0.2) is 71.1 Å². The van der Waals surface area contributed by atoms with Crippen molar-refractivity contribution in [1.29, 1.82) is 0 Å². The summed E-state index contributed by atoms with van der Waals surface area (Å²) in [5.41, 5.74) is 2.00. The Balaban J connectivity index is 1.60. The first-order valence-electron chi connectivity index (χ1n) is 9.24. The van der Waals surface area contributed by atoms with Gasteiger partial charge in [0.1, 0.15) is 5.75 Å². The number of nitrogens with zero attached hydrogens (tertiary/aromatic N) is 5. The number of aromatic nitrogens is 3. The largest absolute Gasteiger partial charge is 0.497 e. The van der Waals surface area contributed by atoms with Crippen LogP contribution in [0.2, 0.25) is 0 Å². The molecular weight excluding hydrogens is 356 g/mol. The molecule has 1 atom stereocenters. The zero-order chi connectivity index (χ0) is 19.7. The number of rotatable bonds is 4. The molecule has 0 spiro atoms. The molecule has 146 valence electrons. The highest BCUT2D eigenvalue weighted by Crippen LogP contribution is 2.23. The van der Waals surface area contributed by atoms with Crippen molar-refractivity contribution in [3.05, 3.63) is 54.0 Å². The number of carbonyl (C=O) groups excluding carboxylic acids is 1. The quantitative estimate of drug-likeness (QED) is 0.745. The third-order valence-corrected chi connectivity index (χ3v) is 5.19. The molecule has 2 aromatic heterocycles. The van der Waals surface area contributed by atoms with Crippen molar-refractivity contribution in [2.75, 3.05) is 46.2 Å². The Morgan fingerprint density at radius 1 is 1.11 bits per heavy atom. The molecule has 0 saturated carbocycles. The number of methoxy groups -OCH3 is 1. The number of piperazine rings is 1. The average Bonchev–Trinajstić information content (AvgIpc) is 3.13. The van der Waals surface area contributed by atoms with Gasteiger partial charge in [-0.25, -0.2) is 0 Å². The van der Waals surface area contributed by atoms with Gasteiger partial charge in [0.15, 0.2) is 11.5 Å². The van der Waals surface area contributed by atoms with E-state index in [0.29, 0.717) is 11.3 Å². The number of pyridine rings is 1. The molecule has 8 heteroatoms. The molecule has 0 aliphatic carbocycles. The topological polar surface area (TPSA) is 75.0 Å². The van der Waals surface area contributed by atoms with Gasteiger partial charge in [0.05, 0.1) is 18.7 Å². The Bertz CT molecular complexity index is 984. The van der Waals surface area contributed by atoms with E-state index in [1.807, 2.05) is 40.9 Å². The number of ether oxygens (including phenoxy) is 1. The summed E-state index contributed by atoms with van der Waals surface area (Å²) in [5, 5.41) is 11.6. The Morgan fingerprint density at radius 2 is 1.89 bits per heavy atom. The Labute approximate surface area is 163 Å². The standard InChI is InChI=1S/C20H24N6O2/c1-24-10-11-25(2)17(13-24)19-23-22-18-9-4-14(12-26(18)19)20(27)21-15-5-7-16(28-3)8-6-15/h4-9,12,17H,10-11,13H2,1-3H3,(H,21,27)/t17-/m0/s1. The lowest BCUT2D eigenvalue weighted by Gasteiger charge is -2.36. The fourth-order valence-electron chi connectivity index (χ4n) is 3.44. The second kappa shape index (κ2) is 7.57. The SMILES string of the molecule is COc1ccc(NC(=O)c2ccc3nnc([C@@H]4CN(C)CCN4C)n3c2)cc1. The first kappa shape index (κ1) is 18.4. The van der Waals surface area contributed by atoms with Crippen molar-refractivity contribution in [2.45, 2.75) is 6.04 Å². The molecule has 8 nitrogen and oxygen atoms in total. The van der Waals surface area contributed by atoms with Gasteiger partial charge in [-0.05, 0) is 50.5 Å². The maximum atomic E-state index is 12.7. The van der Waals surface area contributed by atoms with Gasteiger partial charge in [-0.3, -0.25) is 14.1 Å². The summed E-state index contributed by atoms with van der Waals surface area (Å²) in [6, 6.07) is 11.0. The zero-order valence-electron chi connectivity index (χ0n) is 16.3. The molecule has 1 N–H and O–H groups in total. The summed E-state index contributed by atoms with van der Waals surface area (Å²) in [6.07, 6.45) is 1.81. The third kappa shape index (κ3) is 3.56. The van der Waals surface area contributed by atoms with Crippen LogP contribution in [0.3, 0.4) is 0 Å². The van der Waals surface area contributed by atoms with E-state index in [1.165, 1.54) is 0 Å². The monoisotopic (exact) mass is 380 g/mol. The van der Waals surface area contributed by atoms with Crippen LogP contribution >= 0.6 is 0 Å². The Hall–Kier alpha value is -2.97. The van der Waals surface area contributed by atoms with Gasteiger partial charge < -0.3 is 15.0 Å². The second-order valence-electron chi connectivity index (χ2n) is 7.15. The lowest BCUT2D eigenvalue weighted by atomic mass is 10.1. The highest BCUT2D eigenvalue weighted by Gasteiger charge is 2.28. The molecule has 1 aromatic carbocycles. The molecule has 0 radical (unpaired) electrons. The van der Waals surface area contributed by atoms with Crippen molar-refractivity contribution in [3.63, 3.8) is 0 Å². The second-order valence-corrected chi connectivity index (χ2v) is 7.15. The normalized spacial score (nSPS) is 18.3. The van der Waals surface area contributed by atoms with Gasteiger partial charge in [0, 0.05) is 31.5 Å². The van der Waals surface area contributed by atoms with E-state index in [0.717, 1.165) is 36.9 Å². The van der Waals surface area contributed by atoms with Crippen LogP contribution in [0.4, 0.5) is 5.69 Å². The molecular formula is C20H24N6O2. The number of anilines is 1. The number of hydrogen-bond donors (Lipinski definition) is 1. The summed E-state index contributed by atoms with van der Waals surface area (Å²) >= 11 is 0. The van der Waals surface area contributed by atoms with Gasteiger partial charge in [-0.2, -0.15) is 0 Å². The van der Waals surface area contributed by atoms with Gasteiger partial charge in [0.25, 0.3) is 5.91 Å². The Kier molecular flexibility index (Phi) is 4.97. The van der Waals surface area contributed by atoms with E-state index in [-0.39, 0.29) is 11.9 Å². The molecule has 4 rings (SSSR count). The molecule has 1 aliphatic rings. The summed E-state index contributed by atoms with van der Waals surface area (Å²) < 4.78 is 7.07. The van der Waals surface area contributed by atoms with Gasteiger partial charge in [0.2, 0.25) is 0 Å². The minimum atomic E-state index is -0.180. The zero-order valence-corrected chi connectivity index (χ0v) is 16.3. The van der Waals surface area contributed by atoms with E-state index < -0.39 is 0 Å². The van der Waals surface area contributed by atoms with Crippen LogP contribution in [0.25, 0.3) is 5.65 Å². The van der Waals surface area contributed by atoms with Crippen molar-refractivity contribution >= 4 is 17.2 Å². The average molecular weight is 380 g/mol. The number of amides is 1.